The molecule has 0 aliphatic rings. The Morgan fingerprint density at radius 3 is 1.14 bits per heavy atom. The fourth-order valence-electron chi connectivity index (χ4n) is 3.28. The Morgan fingerprint density at radius 2 is 0.886 bits per heavy atom. The second-order valence-electron chi connectivity index (χ2n) is 8.38. The van der Waals surface area contributed by atoms with Gasteiger partial charge in [-0.15, -0.1) is 0 Å². The third-order valence-electron chi connectivity index (χ3n) is 5.31. The highest BCUT2D eigenvalue weighted by Gasteiger charge is 2.06. The van der Waals surface area contributed by atoms with Crippen LogP contribution in [-0.4, -0.2) is 0 Å². The van der Waals surface area contributed by atoms with E-state index >= 15 is 0 Å². The van der Waals surface area contributed by atoms with E-state index in [1.54, 1.807) is 0 Å². The van der Waals surface area contributed by atoms with Gasteiger partial charge in [0.05, 0.1) is 0 Å². The maximum Gasteiger partial charge on any atom is 0.0313 e. The predicted molar refractivity (Wildman–Crippen MR) is 162 cm³/mol. The van der Waals surface area contributed by atoms with Crippen molar-refractivity contribution in [2.24, 2.45) is 5.92 Å². The van der Waals surface area contributed by atoms with Gasteiger partial charge in [0.25, 0.3) is 0 Å². The van der Waals surface area contributed by atoms with Crippen LogP contribution in [0.4, 0.5) is 5.69 Å². The molecule has 1 heteroatoms. The first kappa shape index (κ1) is 34.6. The SMILES string of the molecule is CC.CCCC.CCCC(CCC)Cc1ccccc1.CCc1ccccc1.Nc1ccccc1. The largest absolute Gasteiger partial charge is 0.399 e. The van der Waals surface area contributed by atoms with Crippen LogP contribution in [0, 0.1) is 5.92 Å². The lowest BCUT2D eigenvalue weighted by Gasteiger charge is -2.14. The summed E-state index contributed by atoms with van der Waals surface area (Å²) >= 11 is 0. The highest BCUT2D eigenvalue weighted by atomic mass is 14.5. The lowest BCUT2D eigenvalue weighted by Crippen LogP contribution is -2.03. The Balaban J connectivity index is 0. The van der Waals surface area contributed by atoms with Gasteiger partial charge in [-0.1, -0.05) is 166 Å². The summed E-state index contributed by atoms with van der Waals surface area (Å²) in [7, 11) is 0. The van der Waals surface area contributed by atoms with Crippen LogP contribution < -0.4 is 5.73 Å². The molecule has 1 nitrogen and oxygen atoms in total. The van der Waals surface area contributed by atoms with E-state index in [-0.39, 0.29) is 0 Å². The summed E-state index contributed by atoms with van der Waals surface area (Å²) in [4.78, 5) is 0. The molecule has 3 aromatic rings. The number of unbranched alkanes of at least 4 members (excludes halogenated alkanes) is 1. The highest BCUT2D eigenvalue weighted by Crippen LogP contribution is 2.18. The van der Waals surface area contributed by atoms with Gasteiger partial charge in [0.1, 0.15) is 0 Å². The smallest absolute Gasteiger partial charge is 0.0313 e. The zero-order valence-electron chi connectivity index (χ0n) is 24.0. The lowest BCUT2D eigenvalue weighted by molar-refractivity contribution is 0.438. The monoisotopic (exact) mass is 477 g/mol. The van der Waals surface area contributed by atoms with Gasteiger partial charge in [-0.05, 0) is 42.0 Å². The molecule has 0 saturated heterocycles. The average molecular weight is 478 g/mol. The fourth-order valence-corrected chi connectivity index (χ4v) is 3.28. The van der Waals surface area contributed by atoms with Crippen LogP contribution in [-0.2, 0) is 12.8 Å². The van der Waals surface area contributed by atoms with Crippen molar-refractivity contribution < 1.29 is 0 Å². The van der Waals surface area contributed by atoms with Crippen LogP contribution >= 0.6 is 0 Å². The number of aryl methyl sites for hydroxylation is 1. The molecule has 35 heavy (non-hydrogen) atoms. The molecule has 0 aliphatic heterocycles. The minimum Gasteiger partial charge on any atom is -0.399 e. The molecule has 0 aromatic heterocycles. The molecule has 0 aliphatic carbocycles. The summed E-state index contributed by atoms with van der Waals surface area (Å²) in [5.41, 5.74) is 9.09. The number of hydrogen-bond acceptors (Lipinski definition) is 1. The fraction of sp³-hybridized carbons (Fsp3) is 0.471. The van der Waals surface area contributed by atoms with Crippen LogP contribution in [0.2, 0.25) is 0 Å². The van der Waals surface area contributed by atoms with Gasteiger partial charge < -0.3 is 5.73 Å². The summed E-state index contributed by atoms with van der Waals surface area (Å²) in [6.07, 6.45) is 10.4. The molecular weight excluding hydrogens is 422 g/mol. The first-order valence-corrected chi connectivity index (χ1v) is 14.0. The molecule has 0 amide bonds. The molecule has 0 spiro atoms. The van der Waals surface area contributed by atoms with Crippen molar-refractivity contribution in [1.82, 2.24) is 0 Å². The Bertz CT molecular complexity index is 729. The molecular formula is C34H55N. The van der Waals surface area contributed by atoms with E-state index in [0.29, 0.717) is 0 Å². The van der Waals surface area contributed by atoms with Crippen LogP contribution in [0.25, 0.3) is 0 Å². The quantitative estimate of drug-likeness (QED) is 0.321. The van der Waals surface area contributed by atoms with Crippen molar-refractivity contribution in [3.63, 3.8) is 0 Å². The number of hydrogen-bond donors (Lipinski definition) is 1. The van der Waals surface area contributed by atoms with Crippen LogP contribution in [0.1, 0.15) is 98.1 Å². The maximum atomic E-state index is 5.36. The lowest BCUT2D eigenvalue weighted by atomic mass is 9.91. The zero-order chi connectivity index (χ0) is 26.6. The summed E-state index contributed by atoms with van der Waals surface area (Å²) in [6.45, 7) is 15.1. The second-order valence-corrected chi connectivity index (χ2v) is 8.38. The van der Waals surface area contributed by atoms with Gasteiger partial charge in [-0.2, -0.15) is 0 Å². The van der Waals surface area contributed by atoms with Gasteiger partial charge in [0, 0.05) is 5.69 Å². The Hall–Kier alpha value is -2.54. The highest BCUT2D eigenvalue weighted by molar-refractivity contribution is 5.35. The average Bonchev–Trinajstić information content (AvgIpc) is 2.92. The van der Waals surface area contributed by atoms with Crippen molar-refractivity contribution in [2.75, 3.05) is 5.73 Å². The van der Waals surface area contributed by atoms with E-state index in [2.05, 4.69) is 89.2 Å². The van der Waals surface area contributed by atoms with E-state index in [4.69, 9.17) is 5.73 Å². The van der Waals surface area contributed by atoms with E-state index in [0.717, 1.165) is 18.0 Å². The molecule has 0 unspecified atom stereocenters. The van der Waals surface area contributed by atoms with Crippen molar-refractivity contribution in [2.45, 2.75) is 99.8 Å². The number of rotatable bonds is 8. The van der Waals surface area contributed by atoms with Crippen LogP contribution in [0.5, 0.6) is 0 Å². The molecule has 0 heterocycles. The number of anilines is 1. The molecule has 0 bridgehead atoms. The number of nitrogen functional groups attached to an aromatic ring is 1. The Labute approximate surface area is 219 Å². The summed E-state index contributed by atoms with van der Waals surface area (Å²) in [5, 5.41) is 0. The van der Waals surface area contributed by atoms with Crippen molar-refractivity contribution in [3.05, 3.63) is 102 Å². The molecule has 0 radical (unpaired) electrons. The first-order valence-electron chi connectivity index (χ1n) is 14.0. The van der Waals surface area contributed by atoms with Gasteiger partial charge >= 0.3 is 0 Å². The molecule has 0 saturated carbocycles. The maximum absolute atomic E-state index is 5.36. The third kappa shape index (κ3) is 23.0. The zero-order valence-corrected chi connectivity index (χ0v) is 24.0. The summed E-state index contributed by atoms with van der Waals surface area (Å²) in [5.74, 6) is 0.896. The number of benzene rings is 3. The molecule has 3 rings (SSSR count). The molecule has 2 N–H and O–H groups in total. The first-order chi connectivity index (χ1) is 17.1. The standard InChI is InChI=1S/C14H22.C8H10.C6H7N.C4H10.C2H6/c1-3-8-13(9-4-2)12-14-10-6-5-7-11-14;1-2-8-6-4-3-5-7-8;7-6-4-2-1-3-5-6;1-3-4-2;1-2/h5-7,10-11,13H,3-4,8-9,12H2,1-2H3;3-7H,2H2,1H3;1-5H,7H2;3-4H2,1-2H3;1-2H3. The van der Waals surface area contributed by atoms with Crippen molar-refractivity contribution in [1.29, 1.82) is 0 Å². The number of nitrogens with two attached hydrogens (primary N) is 1. The van der Waals surface area contributed by atoms with E-state index in [1.165, 1.54) is 56.1 Å². The van der Waals surface area contributed by atoms with Crippen molar-refractivity contribution in [3.8, 4) is 0 Å². The van der Waals surface area contributed by atoms with Gasteiger partial charge in [-0.3, -0.25) is 0 Å². The molecule has 0 atom stereocenters. The molecule has 196 valence electrons. The summed E-state index contributed by atoms with van der Waals surface area (Å²) in [6, 6.07) is 30.8. The predicted octanol–water partition coefficient (Wildman–Crippen LogP) is 10.8. The van der Waals surface area contributed by atoms with Gasteiger partial charge in [-0.25, -0.2) is 0 Å². The van der Waals surface area contributed by atoms with E-state index < -0.39 is 0 Å². The second kappa shape index (κ2) is 27.7. The van der Waals surface area contributed by atoms with Crippen LogP contribution in [0.15, 0.2) is 91.0 Å². The third-order valence-corrected chi connectivity index (χ3v) is 5.31. The Kier molecular flexibility index (Phi) is 27.4. The topological polar surface area (TPSA) is 26.0 Å². The van der Waals surface area contributed by atoms with Crippen LogP contribution in [0.3, 0.4) is 0 Å². The Morgan fingerprint density at radius 1 is 0.514 bits per heavy atom. The van der Waals surface area contributed by atoms with Crippen molar-refractivity contribution >= 4 is 5.69 Å². The normalized spacial score (nSPS) is 9.14. The minimum absolute atomic E-state index is 0.822. The summed E-state index contributed by atoms with van der Waals surface area (Å²) < 4.78 is 0. The minimum atomic E-state index is 0.822. The molecule has 0 fully saturated rings. The van der Waals surface area contributed by atoms with Gasteiger partial charge in [0.15, 0.2) is 0 Å². The number of para-hydroxylation sites is 1. The van der Waals surface area contributed by atoms with Gasteiger partial charge in [0.2, 0.25) is 0 Å². The van der Waals surface area contributed by atoms with E-state index in [1.807, 2.05) is 50.2 Å². The van der Waals surface area contributed by atoms with E-state index in [9.17, 15) is 0 Å². The molecule has 3 aromatic carbocycles.